The van der Waals surface area contributed by atoms with Crippen molar-refractivity contribution in [2.75, 3.05) is 0 Å². The summed E-state index contributed by atoms with van der Waals surface area (Å²) in [4.78, 5) is 15.1. The van der Waals surface area contributed by atoms with Crippen LogP contribution in [0, 0.1) is 0 Å². The van der Waals surface area contributed by atoms with E-state index in [9.17, 15) is 0 Å². The van der Waals surface area contributed by atoms with E-state index in [0.29, 0.717) is 17.5 Å². The summed E-state index contributed by atoms with van der Waals surface area (Å²) in [6.07, 6.45) is 0. The van der Waals surface area contributed by atoms with E-state index >= 15 is 0 Å². The monoisotopic (exact) mass is 765 g/mol. The van der Waals surface area contributed by atoms with Gasteiger partial charge in [-0.05, 0) is 70.4 Å². The highest BCUT2D eigenvalue weighted by Gasteiger charge is 2.22. The number of fused-ring (bicyclic) bond motifs is 9. The Balaban J connectivity index is 1.12. The third kappa shape index (κ3) is 5.44. The third-order valence-corrected chi connectivity index (χ3v) is 11.7. The summed E-state index contributed by atoms with van der Waals surface area (Å²) >= 11 is 0. The van der Waals surface area contributed by atoms with Gasteiger partial charge in [0.15, 0.2) is 17.5 Å². The molecule has 0 saturated heterocycles. The van der Waals surface area contributed by atoms with Gasteiger partial charge in [-0.2, -0.15) is 0 Å². The van der Waals surface area contributed by atoms with Crippen LogP contribution in [0.2, 0.25) is 0 Å². The molecule has 0 unspecified atom stereocenters. The van der Waals surface area contributed by atoms with E-state index in [1.54, 1.807) is 0 Å². The molecule has 0 aliphatic heterocycles. The van der Waals surface area contributed by atoms with E-state index in [4.69, 9.17) is 15.0 Å². The molecular formula is C55H35N5. The minimum absolute atomic E-state index is 0.625. The first-order valence-corrected chi connectivity index (χ1v) is 20.3. The maximum absolute atomic E-state index is 5.07. The van der Waals surface area contributed by atoms with Gasteiger partial charge in [-0.25, -0.2) is 15.0 Å². The number of aromatic nitrogens is 5. The molecule has 9 aromatic carbocycles. The number of nitrogens with zero attached hydrogens (tertiary/aromatic N) is 5. The van der Waals surface area contributed by atoms with Gasteiger partial charge < -0.3 is 9.13 Å². The molecule has 3 heterocycles. The standard InChI is InChI=1S/C55H35N5/c1-4-16-36(17-5-1)40-23-14-25-42(34-40)60-47-31-30-37-18-10-11-27-44(37)50(47)52-49(60)33-32-48-51(52)45-28-12-13-29-46(45)59(48)43-26-15-24-41(35-43)55-57-53(38-19-6-2-7-20-38)56-54(58-55)39-21-8-3-9-22-39/h1-35H. The molecule has 0 aliphatic rings. The predicted octanol–water partition coefficient (Wildman–Crippen LogP) is 13.9. The number of rotatable bonds is 6. The lowest BCUT2D eigenvalue weighted by molar-refractivity contribution is 1.07. The molecule has 0 saturated carbocycles. The molecule has 0 amide bonds. The molecule has 0 radical (unpaired) electrons. The summed E-state index contributed by atoms with van der Waals surface area (Å²) in [6.45, 7) is 0. The minimum atomic E-state index is 0.625. The van der Waals surface area contributed by atoms with E-state index in [-0.39, 0.29) is 0 Å². The van der Waals surface area contributed by atoms with E-state index < -0.39 is 0 Å². The molecule has 0 atom stereocenters. The maximum Gasteiger partial charge on any atom is 0.164 e. The summed E-state index contributed by atoms with van der Waals surface area (Å²) in [7, 11) is 0. The van der Waals surface area contributed by atoms with Crippen LogP contribution in [0.15, 0.2) is 212 Å². The summed E-state index contributed by atoms with van der Waals surface area (Å²) < 4.78 is 4.85. The molecule has 0 fully saturated rings. The van der Waals surface area contributed by atoms with E-state index in [2.05, 4.69) is 161 Å². The highest BCUT2D eigenvalue weighted by molar-refractivity contribution is 6.33. The van der Waals surface area contributed by atoms with Gasteiger partial charge in [-0.3, -0.25) is 0 Å². The van der Waals surface area contributed by atoms with E-state index in [1.165, 1.54) is 54.5 Å². The van der Waals surface area contributed by atoms with E-state index in [1.807, 2.05) is 60.7 Å². The van der Waals surface area contributed by atoms with Crippen LogP contribution in [0.3, 0.4) is 0 Å². The Morgan fingerprint density at radius 3 is 1.35 bits per heavy atom. The fourth-order valence-corrected chi connectivity index (χ4v) is 9.06. The minimum Gasteiger partial charge on any atom is -0.309 e. The summed E-state index contributed by atoms with van der Waals surface area (Å²) in [5, 5.41) is 7.38. The zero-order valence-electron chi connectivity index (χ0n) is 32.4. The topological polar surface area (TPSA) is 48.5 Å². The fourth-order valence-electron chi connectivity index (χ4n) is 9.06. The third-order valence-electron chi connectivity index (χ3n) is 11.7. The first kappa shape index (κ1) is 33.9. The van der Waals surface area contributed by atoms with Crippen molar-refractivity contribution in [1.82, 2.24) is 24.1 Å². The average molecular weight is 766 g/mol. The van der Waals surface area contributed by atoms with Crippen molar-refractivity contribution in [3.05, 3.63) is 212 Å². The predicted molar refractivity (Wildman–Crippen MR) is 248 cm³/mol. The molecule has 3 aromatic heterocycles. The Kier molecular flexibility index (Phi) is 7.78. The smallest absolute Gasteiger partial charge is 0.164 e. The molecule has 5 nitrogen and oxygen atoms in total. The first-order valence-electron chi connectivity index (χ1n) is 20.3. The Morgan fingerprint density at radius 1 is 0.267 bits per heavy atom. The molecule has 0 N–H and O–H groups in total. The molecule has 12 aromatic rings. The van der Waals surface area contributed by atoms with Crippen molar-refractivity contribution < 1.29 is 0 Å². The van der Waals surface area contributed by atoms with Gasteiger partial charge in [0, 0.05) is 49.6 Å². The summed E-state index contributed by atoms with van der Waals surface area (Å²) in [6, 6.07) is 75.1. The number of hydrogen-bond donors (Lipinski definition) is 0. The Labute approximate surface area is 346 Å². The SMILES string of the molecule is c1ccc(-c2cccc(-n3c4ccc5ccccc5c4c4c5c6ccccc6n(-c6cccc(-c7nc(-c8ccccc8)nc(-c8ccccc8)n7)c6)c5ccc43)c2)cc1. The van der Waals surface area contributed by atoms with Crippen LogP contribution in [0.25, 0.3) is 111 Å². The fraction of sp³-hybridized carbons (Fsp3) is 0. The maximum atomic E-state index is 5.07. The normalized spacial score (nSPS) is 11.7. The number of hydrogen-bond acceptors (Lipinski definition) is 3. The van der Waals surface area contributed by atoms with Gasteiger partial charge in [-0.15, -0.1) is 0 Å². The molecule has 280 valence electrons. The first-order chi connectivity index (χ1) is 29.8. The quantitative estimate of drug-likeness (QED) is 0.169. The molecule has 0 spiro atoms. The lowest BCUT2D eigenvalue weighted by atomic mass is 10.0. The Bertz CT molecular complexity index is 3530. The zero-order chi connectivity index (χ0) is 39.6. The van der Waals surface area contributed by atoms with Crippen LogP contribution in [0.1, 0.15) is 0 Å². The Hall–Kier alpha value is -8.15. The van der Waals surface area contributed by atoms with E-state index in [0.717, 1.165) is 39.1 Å². The summed E-state index contributed by atoms with van der Waals surface area (Å²) in [5.74, 6) is 1.91. The number of para-hydroxylation sites is 1. The molecule has 60 heavy (non-hydrogen) atoms. The Morgan fingerprint density at radius 2 is 0.700 bits per heavy atom. The lowest BCUT2D eigenvalue weighted by Gasteiger charge is -2.12. The van der Waals surface area contributed by atoms with Crippen molar-refractivity contribution in [3.8, 4) is 56.7 Å². The van der Waals surface area contributed by atoms with Gasteiger partial charge in [0.25, 0.3) is 0 Å². The van der Waals surface area contributed by atoms with Crippen LogP contribution >= 0.6 is 0 Å². The lowest BCUT2D eigenvalue weighted by Crippen LogP contribution is -2.01. The zero-order valence-corrected chi connectivity index (χ0v) is 32.4. The van der Waals surface area contributed by atoms with Gasteiger partial charge >= 0.3 is 0 Å². The highest BCUT2D eigenvalue weighted by atomic mass is 15.0. The van der Waals surface area contributed by atoms with Crippen LogP contribution in [0.5, 0.6) is 0 Å². The van der Waals surface area contributed by atoms with Gasteiger partial charge in [0.2, 0.25) is 0 Å². The molecule has 5 heteroatoms. The van der Waals surface area contributed by atoms with Crippen molar-refractivity contribution in [2.45, 2.75) is 0 Å². The second-order valence-corrected chi connectivity index (χ2v) is 15.2. The van der Waals surface area contributed by atoms with Crippen LogP contribution in [-0.4, -0.2) is 24.1 Å². The van der Waals surface area contributed by atoms with Gasteiger partial charge in [0.1, 0.15) is 0 Å². The molecule has 0 aliphatic carbocycles. The number of benzene rings is 9. The molecule has 0 bridgehead atoms. The van der Waals surface area contributed by atoms with Crippen LogP contribution < -0.4 is 0 Å². The molecule has 12 rings (SSSR count). The van der Waals surface area contributed by atoms with Crippen LogP contribution in [-0.2, 0) is 0 Å². The van der Waals surface area contributed by atoms with Crippen molar-refractivity contribution in [1.29, 1.82) is 0 Å². The van der Waals surface area contributed by atoms with Crippen molar-refractivity contribution >= 4 is 54.4 Å². The second-order valence-electron chi connectivity index (χ2n) is 15.2. The van der Waals surface area contributed by atoms with Crippen molar-refractivity contribution in [3.63, 3.8) is 0 Å². The molecular weight excluding hydrogens is 731 g/mol. The van der Waals surface area contributed by atoms with Crippen LogP contribution in [0.4, 0.5) is 0 Å². The summed E-state index contributed by atoms with van der Waals surface area (Å²) in [5.41, 5.74) is 12.0. The highest BCUT2D eigenvalue weighted by Crippen LogP contribution is 2.45. The second kappa shape index (κ2) is 13.8. The van der Waals surface area contributed by atoms with Gasteiger partial charge in [-0.1, -0.05) is 164 Å². The average Bonchev–Trinajstić information content (AvgIpc) is 3.86. The van der Waals surface area contributed by atoms with Crippen molar-refractivity contribution in [2.24, 2.45) is 0 Å². The largest absolute Gasteiger partial charge is 0.309 e. The van der Waals surface area contributed by atoms with Gasteiger partial charge in [0.05, 0.1) is 22.1 Å².